The predicted molar refractivity (Wildman–Crippen MR) is 68.1 cm³/mol. The number of nitrogens with two attached hydrogens (primary N) is 1. The maximum Gasteiger partial charge on any atom is 0.296 e. The number of hydrogen-bond acceptors (Lipinski definition) is 4. The van der Waals surface area contributed by atoms with E-state index in [1.165, 1.54) is 12.1 Å². The topological polar surface area (TPSA) is 122 Å². The van der Waals surface area contributed by atoms with Crippen LogP contribution < -0.4 is 15.2 Å². The van der Waals surface area contributed by atoms with Gasteiger partial charge >= 0.3 is 0 Å². The van der Waals surface area contributed by atoms with Crippen LogP contribution in [0.25, 0.3) is 0 Å². The van der Waals surface area contributed by atoms with Gasteiger partial charge in [-0.1, -0.05) is 6.07 Å². The highest BCUT2D eigenvalue weighted by Crippen LogP contribution is 2.15. The number of benzene rings is 1. The van der Waals surface area contributed by atoms with Crippen molar-refractivity contribution in [1.29, 1.82) is 0 Å². The summed E-state index contributed by atoms with van der Waals surface area (Å²) >= 11 is 0. The Morgan fingerprint density at radius 1 is 1.33 bits per heavy atom. The van der Waals surface area contributed by atoms with Gasteiger partial charge in [0.05, 0.1) is 5.69 Å². The minimum atomic E-state index is -3.83. The molecule has 0 aliphatic rings. The molecule has 1 aromatic carbocycles. The molecule has 0 heterocycles. The highest BCUT2D eigenvalue weighted by Gasteiger charge is 2.05. The molecule has 0 aliphatic carbocycles. The number of aliphatic hydroxyl groups is 1. The summed E-state index contributed by atoms with van der Waals surface area (Å²) in [5.74, 6) is -0.253. The molecule has 100 valence electrons. The van der Waals surface area contributed by atoms with Crippen molar-refractivity contribution >= 4 is 27.5 Å². The second-order valence-electron chi connectivity index (χ2n) is 3.60. The van der Waals surface area contributed by atoms with Gasteiger partial charge in [0.25, 0.3) is 10.2 Å². The van der Waals surface area contributed by atoms with E-state index >= 15 is 0 Å². The van der Waals surface area contributed by atoms with Gasteiger partial charge in [-0.2, -0.15) is 8.42 Å². The number of hydrogen-bond donors (Lipinski definition) is 4. The number of carbonyl (C=O) groups excluding carboxylic acids is 1. The number of rotatable bonds is 6. The summed E-state index contributed by atoms with van der Waals surface area (Å²) in [5.41, 5.74) is 0.712. The zero-order valence-corrected chi connectivity index (χ0v) is 10.4. The third-order valence-corrected chi connectivity index (χ3v) is 2.49. The van der Waals surface area contributed by atoms with Crippen LogP contribution in [-0.2, 0) is 15.0 Å². The van der Waals surface area contributed by atoms with Gasteiger partial charge in [0.1, 0.15) is 0 Å². The fourth-order valence-corrected chi connectivity index (χ4v) is 1.74. The third-order valence-electron chi connectivity index (χ3n) is 1.97. The molecule has 8 heteroatoms. The average Bonchev–Trinajstić information content (AvgIpc) is 2.24. The highest BCUT2D eigenvalue weighted by atomic mass is 32.2. The Bertz CT molecular complexity index is 516. The molecule has 0 saturated carbocycles. The molecule has 0 radical (unpaired) electrons. The third kappa shape index (κ3) is 5.62. The maximum absolute atomic E-state index is 11.4. The lowest BCUT2D eigenvalue weighted by Crippen LogP contribution is -2.21. The van der Waals surface area contributed by atoms with E-state index in [0.717, 1.165) is 0 Å². The van der Waals surface area contributed by atoms with Gasteiger partial charge in [-0.05, 0) is 24.6 Å². The fourth-order valence-electron chi connectivity index (χ4n) is 1.29. The minimum Gasteiger partial charge on any atom is -0.396 e. The Morgan fingerprint density at radius 3 is 2.61 bits per heavy atom. The molecule has 5 N–H and O–H groups in total. The largest absolute Gasteiger partial charge is 0.396 e. The second kappa shape index (κ2) is 6.34. The molecule has 0 unspecified atom stereocenters. The van der Waals surface area contributed by atoms with Crippen molar-refractivity contribution in [1.82, 2.24) is 0 Å². The van der Waals surface area contributed by atoms with Gasteiger partial charge in [-0.3, -0.25) is 9.52 Å². The van der Waals surface area contributed by atoms with Crippen LogP contribution >= 0.6 is 0 Å². The summed E-state index contributed by atoms with van der Waals surface area (Å²) in [4.78, 5) is 11.4. The monoisotopic (exact) mass is 273 g/mol. The van der Waals surface area contributed by atoms with Crippen LogP contribution in [0.15, 0.2) is 24.3 Å². The Morgan fingerprint density at radius 2 is 2.00 bits per heavy atom. The van der Waals surface area contributed by atoms with Crippen LogP contribution in [0.4, 0.5) is 11.4 Å². The minimum absolute atomic E-state index is 0.0551. The number of nitrogens with one attached hydrogen (secondary N) is 2. The second-order valence-corrected chi connectivity index (χ2v) is 4.90. The summed E-state index contributed by atoms with van der Waals surface area (Å²) in [6, 6.07) is 6.15. The van der Waals surface area contributed by atoms with Crippen molar-refractivity contribution in [2.75, 3.05) is 16.6 Å². The van der Waals surface area contributed by atoms with E-state index in [0.29, 0.717) is 12.1 Å². The van der Waals surface area contributed by atoms with Gasteiger partial charge in [-0.15, -0.1) is 0 Å². The summed E-state index contributed by atoms with van der Waals surface area (Å²) in [6.45, 7) is -0.0551. The number of amides is 1. The van der Waals surface area contributed by atoms with Crippen LogP contribution in [0.3, 0.4) is 0 Å². The van der Waals surface area contributed by atoms with E-state index in [9.17, 15) is 13.2 Å². The highest BCUT2D eigenvalue weighted by molar-refractivity contribution is 7.90. The van der Waals surface area contributed by atoms with Crippen LogP contribution in [0.5, 0.6) is 0 Å². The molecule has 0 bridgehead atoms. The van der Waals surface area contributed by atoms with Gasteiger partial charge < -0.3 is 10.4 Å². The molecule has 18 heavy (non-hydrogen) atoms. The zero-order valence-electron chi connectivity index (χ0n) is 9.59. The SMILES string of the molecule is NS(=O)(=O)Nc1cccc(NC(=O)CCCO)c1. The number of carbonyl (C=O) groups is 1. The quantitative estimate of drug-likeness (QED) is 0.583. The first kappa shape index (κ1) is 14.4. The van der Waals surface area contributed by atoms with Crippen molar-refractivity contribution in [2.24, 2.45) is 5.14 Å². The molecule has 0 aromatic heterocycles. The molecule has 1 aromatic rings. The lowest BCUT2D eigenvalue weighted by molar-refractivity contribution is -0.116. The number of anilines is 2. The van der Waals surface area contributed by atoms with Crippen LogP contribution in [-0.4, -0.2) is 26.0 Å². The van der Waals surface area contributed by atoms with Crippen LogP contribution in [0.1, 0.15) is 12.8 Å². The Hall–Kier alpha value is -1.64. The van der Waals surface area contributed by atoms with Crippen molar-refractivity contribution in [2.45, 2.75) is 12.8 Å². The fraction of sp³-hybridized carbons (Fsp3) is 0.300. The number of aliphatic hydroxyl groups excluding tert-OH is 1. The summed E-state index contributed by atoms with van der Waals surface area (Å²) in [5, 5.41) is 16.0. The molecule has 0 atom stereocenters. The summed E-state index contributed by atoms with van der Waals surface area (Å²) in [7, 11) is -3.83. The van der Waals surface area contributed by atoms with Gasteiger partial charge in [0.2, 0.25) is 5.91 Å². The van der Waals surface area contributed by atoms with Gasteiger partial charge in [0.15, 0.2) is 0 Å². The standard InChI is InChI=1S/C10H15N3O4S/c11-18(16,17)13-9-4-1-3-8(7-9)12-10(15)5-2-6-14/h1,3-4,7,13-14H,2,5-6H2,(H,12,15)(H2,11,16,17). The van der Waals surface area contributed by atoms with E-state index in [4.69, 9.17) is 10.2 Å². The molecule has 1 amide bonds. The smallest absolute Gasteiger partial charge is 0.296 e. The van der Waals surface area contributed by atoms with Crippen molar-refractivity contribution in [3.8, 4) is 0 Å². The van der Waals surface area contributed by atoms with Crippen molar-refractivity contribution in [3.05, 3.63) is 24.3 Å². The van der Waals surface area contributed by atoms with Gasteiger partial charge in [-0.25, -0.2) is 5.14 Å². The lowest BCUT2D eigenvalue weighted by atomic mass is 10.2. The van der Waals surface area contributed by atoms with Gasteiger partial charge in [0, 0.05) is 18.7 Å². The normalized spacial score (nSPS) is 11.0. The van der Waals surface area contributed by atoms with E-state index in [-0.39, 0.29) is 24.6 Å². The average molecular weight is 273 g/mol. The molecule has 0 spiro atoms. The van der Waals surface area contributed by atoms with Crippen molar-refractivity contribution < 1.29 is 18.3 Å². The molecule has 0 aliphatic heterocycles. The Balaban J connectivity index is 2.68. The molecule has 0 saturated heterocycles. The van der Waals surface area contributed by atoms with E-state index < -0.39 is 10.2 Å². The molecular formula is C10H15N3O4S. The first-order valence-corrected chi connectivity index (χ1v) is 6.76. The molecule has 0 fully saturated rings. The first-order chi connectivity index (χ1) is 8.40. The lowest BCUT2D eigenvalue weighted by Gasteiger charge is -2.07. The zero-order chi connectivity index (χ0) is 13.6. The van der Waals surface area contributed by atoms with E-state index in [1.54, 1.807) is 12.1 Å². The summed E-state index contributed by atoms with van der Waals surface area (Å²) < 4.78 is 23.8. The van der Waals surface area contributed by atoms with E-state index in [2.05, 4.69) is 10.0 Å². The molecule has 7 nitrogen and oxygen atoms in total. The maximum atomic E-state index is 11.4. The van der Waals surface area contributed by atoms with Crippen molar-refractivity contribution in [3.63, 3.8) is 0 Å². The van der Waals surface area contributed by atoms with Crippen LogP contribution in [0.2, 0.25) is 0 Å². The Kier molecular flexibility index (Phi) is 5.08. The van der Waals surface area contributed by atoms with Crippen LogP contribution in [0, 0.1) is 0 Å². The predicted octanol–water partition coefficient (Wildman–Crippen LogP) is 0.0130. The Labute approximate surface area is 105 Å². The summed E-state index contributed by atoms with van der Waals surface area (Å²) in [6.07, 6.45) is 0.574. The molecular weight excluding hydrogens is 258 g/mol. The first-order valence-electron chi connectivity index (χ1n) is 5.22. The molecule has 1 rings (SSSR count). The van der Waals surface area contributed by atoms with E-state index in [1.807, 2.05) is 0 Å².